The number of aliphatic hydroxyl groups excluding tert-OH is 1. The first kappa shape index (κ1) is 24.1. The number of aryl methyl sites for hydroxylation is 1. The standard InChI is InChI=1S/C29H35N3O2/c1-4-23(25-9-7-8-21(2)18-25)11-10-22(3)28-26-19-31(29(34)24-12-14-30-15-13-24)16-5-6-17-32(26)27(28)20-33/h4,7-15,18,26-28,33H,3,5-6,16-17,19-20H2,1-2H3/b11-10-,23-4+/t26-,27+,28-/m0/s1. The van der Waals surface area contributed by atoms with E-state index in [0.717, 1.165) is 37.1 Å². The van der Waals surface area contributed by atoms with Crippen LogP contribution in [-0.2, 0) is 0 Å². The predicted octanol–water partition coefficient (Wildman–Crippen LogP) is 4.50. The molecule has 0 aliphatic carbocycles. The molecule has 0 spiro atoms. The van der Waals surface area contributed by atoms with E-state index in [9.17, 15) is 9.90 Å². The predicted molar refractivity (Wildman–Crippen MR) is 137 cm³/mol. The maximum Gasteiger partial charge on any atom is 0.254 e. The highest BCUT2D eigenvalue weighted by atomic mass is 16.3. The highest BCUT2D eigenvalue weighted by Crippen LogP contribution is 2.39. The van der Waals surface area contributed by atoms with Gasteiger partial charge in [0.05, 0.1) is 6.61 Å². The van der Waals surface area contributed by atoms with Crippen LogP contribution in [0, 0.1) is 12.8 Å². The average Bonchev–Trinajstić information content (AvgIpc) is 2.83. The zero-order valence-corrected chi connectivity index (χ0v) is 20.2. The molecule has 1 aromatic heterocycles. The van der Waals surface area contributed by atoms with Crippen LogP contribution in [0.5, 0.6) is 0 Å². The fourth-order valence-corrected chi connectivity index (χ4v) is 5.34. The van der Waals surface area contributed by atoms with Gasteiger partial charge in [-0.3, -0.25) is 14.7 Å². The first-order chi connectivity index (χ1) is 16.5. The lowest BCUT2D eigenvalue weighted by Crippen LogP contribution is -2.69. The van der Waals surface area contributed by atoms with Gasteiger partial charge in [0.15, 0.2) is 0 Å². The van der Waals surface area contributed by atoms with Gasteiger partial charge < -0.3 is 10.0 Å². The molecule has 0 unspecified atom stereocenters. The van der Waals surface area contributed by atoms with Crippen molar-refractivity contribution >= 4 is 11.5 Å². The van der Waals surface area contributed by atoms with Crippen molar-refractivity contribution in [3.05, 3.63) is 95.9 Å². The number of carbonyl (C=O) groups is 1. The topological polar surface area (TPSA) is 56.7 Å². The smallest absolute Gasteiger partial charge is 0.254 e. The van der Waals surface area contributed by atoms with Crippen molar-refractivity contribution in [1.29, 1.82) is 0 Å². The van der Waals surface area contributed by atoms with E-state index in [2.05, 4.69) is 65.9 Å². The molecule has 5 nitrogen and oxygen atoms in total. The molecule has 1 aromatic carbocycles. The van der Waals surface area contributed by atoms with E-state index in [1.165, 1.54) is 11.1 Å². The van der Waals surface area contributed by atoms with Crippen LogP contribution in [0.15, 0.2) is 79.2 Å². The Labute approximate surface area is 203 Å². The summed E-state index contributed by atoms with van der Waals surface area (Å²) in [7, 11) is 0. The van der Waals surface area contributed by atoms with Crippen LogP contribution >= 0.6 is 0 Å². The Balaban J connectivity index is 1.52. The van der Waals surface area contributed by atoms with Gasteiger partial charge >= 0.3 is 0 Å². The second-order valence-electron chi connectivity index (χ2n) is 9.30. The van der Waals surface area contributed by atoms with Crippen LogP contribution in [0.2, 0.25) is 0 Å². The number of hydrogen-bond donors (Lipinski definition) is 1. The third-order valence-corrected chi connectivity index (χ3v) is 7.15. The molecule has 0 radical (unpaired) electrons. The Kier molecular flexibility index (Phi) is 7.76. The van der Waals surface area contributed by atoms with Gasteiger partial charge in [0.2, 0.25) is 0 Å². The van der Waals surface area contributed by atoms with Crippen molar-refractivity contribution in [2.24, 2.45) is 5.92 Å². The number of carbonyl (C=O) groups excluding carboxylic acids is 1. The Morgan fingerprint density at radius 3 is 2.62 bits per heavy atom. The van der Waals surface area contributed by atoms with E-state index >= 15 is 0 Å². The molecule has 34 heavy (non-hydrogen) atoms. The Bertz CT molecular complexity index is 1080. The van der Waals surface area contributed by atoms with Gasteiger partial charge in [0, 0.05) is 49.0 Å². The first-order valence-electron chi connectivity index (χ1n) is 12.2. The van der Waals surface area contributed by atoms with Crippen LogP contribution in [-0.4, -0.2) is 64.1 Å². The lowest BCUT2D eigenvalue weighted by Gasteiger charge is -2.57. The Morgan fingerprint density at radius 1 is 1.15 bits per heavy atom. The molecule has 2 aliphatic rings. The molecule has 2 aliphatic heterocycles. The van der Waals surface area contributed by atoms with E-state index in [-0.39, 0.29) is 30.5 Å². The molecular formula is C29H35N3O2. The first-order valence-corrected chi connectivity index (χ1v) is 12.2. The van der Waals surface area contributed by atoms with Gasteiger partial charge in [0.25, 0.3) is 5.91 Å². The molecule has 4 rings (SSSR count). The van der Waals surface area contributed by atoms with Gasteiger partial charge in [0.1, 0.15) is 0 Å². The van der Waals surface area contributed by atoms with Crippen molar-refractivity contribution in [2.45, 2.75) is 38.8 Å². The highest BCUT2D eigenvalue weighted by molar-refractivity contribution is 5.94. The molecule has 2 fully saturated rings. The van der Waals surface area contributed by atoms with E-state index in [1.54, 1.807) is 24.5 Å². The highest BCUT2D eigenvalue weighted by Gasteiger charge is 2.49. The zero-order chi connectivity index (χ0) is 24.1. The van der Waals surface area contributed by atoms with Crippen LogP contribution in [0.3, 0.4) is 0 Å². The number of aromatic nitrogens is 1. The number of hydrogen-bond acceptors (Lipinski definition) is 4. The van der Waals surface area contributed by atoms with E-state index in [0.29, 0.717) is 12.1 Å². The lowest BCUT2D eigenvalue weighted by molar-refractivity contribution is -0.0779. The summed E-state index contributed by atoms with van der Waals surface area (Å²) >= 11 is 0. The zero-order valence-electron chi connectivity index (χ0n) is 20.2. The molecule has 3 heterocycles. The molecule has 5 heteroatoms. The molecular weight excluding hydrogens is 422 g/mol. The minimum Gasteiger partial charge on any atom is -0.395 e. The van der Waals surface area contributed by atoms with Gasteiger partial charge in [-0.1, -0.05) is 54.6 Å². The van der Waals surface area contributed by atoms with Gasteiger partial charge in [-0.2, -0.15) is 0 Å². The summed E-state index contributed by atoms with van der Waals surface area (Å²) in [5.41, 5.74) is 5.23. The molecule has 178 valence electrons. The number of benzene rings is 1. The van der Waals surface area contributed by atoms with E-state index in [1.807, 2.05) is 11.8 Å². The van der Waals surface area contributed by atoms with Crippen molar-refractivity contribution < 1.29 is 9.90 Å². The molecule has 1 amide bonds. The maximum atomic E-state index is 13.2. The second kappa shape index (κ2) is 10.9. The summed E-state index contributed by atoms with van der Waals surface area (Å²) in [6, 6.07) is 12.2. The quantitative estimate of drug-likeness (QED) is 0.649. The fraction of sp³-hybridized carbons (Fsp3) is 0.379. The molecule has 1 N–H and O–H groups in total. The minimum atomic E-state index is 0.0474. The molecule has 2 aromatic rings. The number of amides is 1. The van der Waals surface area contributed by atoms with Crippen LogP contribution in [0.4, 0.5) is 0 Å². The molecule has 2 saturated heterocycles. The lowest BCUT2D eigenvalue weighted by atomic mass is 9.74. The van der Waals surface area contributed by atoms with Crippen LogP contribution < -0.4 is 0 Å². The summed E-state index contributed by atoms with van der Waals surface area (Å²) < 4.78 is 0. The van der Waals surface area contributed by atoms with Crippen LogP contribution in [0.25, 0.3) is 5.57 Å². The average molecular weight is 458 g/mol. The Morgan fingerprint density at radius 2 is 1.91 bits per heavy atom. The fourth-order valence-electron chi connectivity index (χ4n) is 5.34. The van der Waals surface area contributed by atoms with Crippen molar-refractivity contribution in [2.75, 3.05) is 26.2 Å². The number of rotatable bonds is 6. The summed E-state index contributed by atoms with van der Waals surface area (Å²) in [4.78, 5) is 21.6. The summed E-state index contributed by atoms with van der Waals surface area (Å²) in [5.74, 6) is 0.162. The minimum absolute atomic E-state index is 0.0474. The summed E-state index contributed by atoms with van der Waals surface area (Å²) in [6.45, 7) is 11.0. The van der Waals surface area contributed by atoms with Gasteiger partial charge in [-0.25, -0.2) is 0 Å². The molecule has 0 bridgehead atoms. The van der Waals surface area contributed by atoms with Crippen molar-refractivity contribution in [3.63, 3.8) is 0 Å². The number of pyridine rings is 1. The number of fused-ring (bicyclic) bond motifs is 1. The van der Waals surface area contributed by atoms with Gasteiger partial charge in [-0.05, 0) is 62.1 Å². The number of allylic oxidation sites excluding steroid dienone is 4. The maximum absolute atomic E-state index is 13.2. The van der Waals surface area contributed by atoms with Gasteiger partial charge in [-0.15, -0.1) is 0 Å². The van der Waals surface area contributed by atoms with Crippen molar-refractivity contribution in [3.8, 4) is 0 Å². The second-order valence-corrected chi connectivity index (χ2v) is 9.30. The monoisotopic (exact) mass is 457 g/mol. The largest absolute Gasteiger partial charge is 0.395 e. The third kappa shape index (κ3) is 5.06. The Hall–Kier alpha value is -3.02. The third-order valence-electron chi connectivity index (χ3n) is 7.15. The summed E-state index contributed by atoms with van der Waals surface area (Å²) in [6.07, 6.45) is 11.6. The molecule has 0 saturated carbocycles. The normalized spacial score (nSPS) is 23.7. The molecule has 3 atom stereocenters. The SMILES string of the molecule is C=C(/C=C\C(=C/C)c1cccc(C)c1)[C@@H]1[C@@H](CO)N2CCCCN(C(=O)c3ccncc3)C[C@@H]12. The number of nitrogens with zero attached hydrogens (tertiary/aromatic N) is 3. The van der Waals surface area contributed by atoms with Crippen molar-refractivity contribution in [1.82, 2.24) is 14.8 Å². The van der Waals surface area contributed by atoms with E-state index < -0.39 is 0 Å². The number of aliphatic hydroxyl groups is 1. The van der Waals surface area contributed by atoms with E-state index in [4.69, 9.17) is 0 Å². The summed E-state index contributed by atoms with van der Waals surface area (Å²) in [5, 5.41) is 10.2. The van der Waals surface area contributed by atoms with Crippen LogP contribution in [0.1, 0.15) is 41.3 Å².